The molecular formula is C21H22N4O4. The minimum absolute atomic E-state index is 0.0801. The zero-order chi connectivity index (χ0) is 20.7. The molecule has 0 fully saturated rings. The number of aliphatic hydroxyl groups is 4. The fourth-order valence-electron chi connectivity index (χ4n) is 3.25. The number of para-hydroxylation sites is 1. The summed E-state index contributed by atoms with van der Waals surface area (Å²) in [5.41, 5.74) is 5.00. The van der Waals surface area contributed by atoms with Crippen LogP contribution in [0.15, 0.2) is 42.5 Å². The highest BCUT2D eigenvalue weighted by atomic mass is 16.4. The van der Waals surface area contributed by atoms with Crippen molar-refractivity contribution < 1.29 is 20.4 Å². The van der Waals surface area contributed by atoms with Gasteiger partial charge < -0.3 is 20.4 Å². The maximum Gasteiger partial charge on any atom is 0.182 e. The van der Waals surface area contributed by atoms with Gasteiger partial charge in [-0.2, -0.15) is 5.10 Å². The lowest BCUT2D eigenvalue weighted by Gasteiger charge is -2.20. The molecule has 4 N–H and O–H groups in total. The number of benzene rings is 2. The summed E-state index contributed by atoms with van der Waals surface area (Å²) in [4.78, 5) is 9.37. The van der Waals surface area contributed by atoms with Crippen molar-refractivity contribution in [3.63, 3.8) is 0 Å². The lowest BCUT2D eigenvalue weighted by Crippen LogP contribution is -2.35. The van der Waals surface area contributed by atoms with Gasteiger partial charge in [0.1, 0.15) is 29.5 Å². The second-order valence-corrected chi connectivity index (χ2v) is 7.14. The van der Waals surface area contributed by atoms with Crippen LogP contribution in [0, 0.1) is 13.8 Å². The first-order chi connectivity index (χ1) is 13.9. The summed E-state index contributed by atoms with van der Waals surface area (Å²) in [5, 5.41) is 44.2. The van der Waals surface area contributed by atoms with Gasteiger partial charge in [0.2, 0.25) is 0 Å². The second kappa shape index (κ2) is 7.49. The minimum atomic E-state index is -1.63. The molecule has 2 heterocycles. The molecule has 8 nitrogen and oxygen atoms in total. The molecule has 0 radical (unpaired) electrons. The third-order valence-electron chi connectivity index (χ3n) is 5.10. The predicted octanol–water partition coefficient (Wildman–Crippen LogP) is 1.33. The monoisotopic (exact) mass is 394 g/mol. The first-order valence-corrected chi connectivity index (χ1v) is 9.29. The Bertz CT molecular complexity index is 1180. The van der Waals surface area contributed by atoms with Crippen molar-refractivity contribution in [1.82, 2.24) is 19.7 Å². The zero-order valence-electron chi connectivity index (χ0n) is 16.1. The summed E-state index contributed by atoms with van der Waals surface area (Å²) >= 11 is 0. The summed E-state index contributed by atoms with van der Waals surface area (Å²) < 4.78 is 1.55. The summed E-state index contributed by atoms with van der Waals surface area (Å²) in [6, 6.07) is 13.1. The first kappa shape index (κ1) is 19.4. The lowest BCUT2D eigenvalue weighted by molar-refractivity contribution is -0.0786. The summed E-state index contributed by atoms with van der Waals surface area (Å²) in [6.45, 7) is 3.28. The maximum absolute atomic E-state index is 10.7. The quantitative estimate of drug-likeness (QED) is 0.402. The number of rotatable bonds is 5. The molecular weight excluding hydrogens is 372 g/mol. The highest BCUT2D eigenvalue weighted by Crippen LogP contribution is 2.29. The Morgan fingerprint density at radius 3 is 2.17 bits per heavy atom. The largest absolute Gasteiger partial charge is 0.394 e. The molecule has 29 heavy (non-hydrogen) atoms. The number of hydrogen-bond donors (Lipinski definition) is 4. The van der Waals surface area contributed by atoms with Crippen LogP contribution in [0.5, 0.6) is 0 Å². The van der Waals surface area contributed by atoms with E-state index in [4.69, 9.17) is 10.1 Å². The van der Waals surface area contributed by atoms with Crippen LogP contribution >= 0.6 is 0 Å². The third kappa shape index (κ3) is 3.36. The molecule has 0 bridgehead atoms. The van der Waals surface area contributed by atoms with E-state index in [0.29, 0.717) is 27.9 Å². The molecule has 0 saturated heterocycles. The molecule has 0 aliphatic heterocycles. The van der Waals surface area contributed by atoms with Gasteiger partial charge in [-0.15, -0.1) is 0 Å². The van der Waals surface area contributed by atoms with E-state index in [1.807, 2.05) is 56.3 Å². The normalized spacial score (nSPS) is 15.0. The first-order valence-electron chi connectivity index (χ1n) is 9.29. The van der Waals surface area contributed by atoms with Gasteiger partial charge in [0.05, 0.1) is 23.3 Å². The van der Waals surface area contributed by atoms with Gasteiger partial charge in [0.25, 0.3) is 0 Å². The Hall–Kier alpha value is -2.91. The van der Waals surface area contributed by atoms with Crippen LogP contribution in [-0.4, -0.2) is 59.0 Å². The van der Waals surface area contributed by atoms with Crippen LogP contribution in [0.25, 0.3) is 27.9 Å². The van der Waals surface area contributed by atoms with E-state index in [-0.39, 0.29) is 5.69 Å². The van der Waals surface area contributed by atoms with Crippen molar-refractivity contribution in [2.24, 2.45) is 0 Å². The highest BCUT2D eigenvalue weighted by Gasteiger charge is 2.31. The molecule has 3 atom stereocenters. The summed E-state index contributed by atoms with van der Waals surface area (Å²) in [7, 11) is 0. The number of nitrogens with zero attached hydrogens (tertiary/aromatic N) is 4. The van der Waals surface area contributed by atoms with Crippen LogP contribution in [-0.2, 0) is 0 Å². The fourth-order valence-corrected chi connectivity index (χ4v) is 3.25. The van der Waals surface area contributed by atoms with Gasteiger partial charge in [-0.05, 0) is 49.2 Å². The average Bonchev–Trinajstić information content (AvgIpc) is 3.10. The number of hydrogen-bond acceptors (Lipinski definition) is 7. The van der Waals surface area contributed by atoms with Crippen molar-refractivity contribution >= 4 is 22.2 Å². The predicted molar refractivity (Wildman–Crippen MR) is 108 cm³/mol. The van der Waals surface area contributed by atoms with Crippen molar-refractivity contribution in [2.45, 2.75) is 32.2 Å². The van der Waals surface area contributed by atoms with Crippen LogP contribution < -0.4 is 0 Å². The van der Waals surface area contributed by atoms with Gasteiger partial charge in [0.15, 0.2) is 5.65 Å². The molecule has 2 aromatic heterocycles. The molecule has 0 spiro atoms. The Kier molecular flexibility index (Phi) is 5.01. The minimum Gasteiger partial charge on any atom is -0.394 e. The van der Waals surface area contributed by atoms with Crippen LogP contribution in [0.2, 0.25) is 0 Å². The van der Waals surface area contributed by atoms with E-state index in [1.165, 1.54) is 0 Å². The molecule has 4 rings (SSSR count). The van der Waals surface area contributed by atoms with Gasteiger partial charge in [-0.25, -0.2) is 14.6 Å². The molecule has 150 valence electrons. The highest BCUT2D eigenvalue weighted by molar-refractivity contribution is 5.87. The molecule has 4 aromatic rings. The van der Waals surface area contributed by atoms with Crippen LogP contribution in [0.1, 0.15) is 22.9 Å². The Morgan fingerprint density at radius 2 is 1.55 bits per heavy atom. The third-order valence-corrected chi connectivity index (χ3v) is 5.10. The summed E-state index contributed by atoms with van der Waals surface area (Å²) in [6.07, 6.45) is -4.69. The number of aromatic nitrogens is 4. The smallest absolute Gasteiger partial charge is 0.182 e. The Morgan fingerprint density at radius 1 is 0.931 bits per heavy atom. The molecule has 0 aliphatic carbocycles. The topological polar surface area (TPSA) is 125 Å². The van der Waals surface area contributed by atoms with Crippen molar-refractivity contribution in [1.29, 1.82) is 0 Å². The molecule has 2 aromatic carbocycles. The van der Waals surface area contributed by atoms with E-state index in [9.17, 15) is 15.3 Å². The van der Waals surface area contributed by atoms with E-state index in [0.717, 1.165) is 11.1 Å². The lowest BCUT2D eigenvalue weighted by atomic mass is 10.0. The van der Waals surface area contributed by atoms with Crippen molar-refractivity contribution in [3.8, 4) is 5.69 Å². The van der Waals surface area contributed by atoms with E-state index in [2.05, 4.69) is 10.1 Å². The molecule has 0 aliphatic rings. The Balaban J connectivity index is 2.00. The van der Waals surface area contributed by atoms with E-state index < -0.39 is 24.9 Å². The van der Waals surface area contributed by atoms with Gasteiger partial charge >= 0.3 is 0 Å². The van der Waals surface area contributed by atoms with Crippen molar-refractivity contribution in [3.05, 3.63) is 59.3 Å². The summed E-state index contributed by atoms with van der Waals surface area (Å²) in [5.74, 6) is 0. The van der Waals surface area contributed by atoms with Crippen molar-refractivity contribution in [2.75, 3.05) is 6.61 Å². The van der Waals surface area contributed by atoms with Crippen LogP contribution in [0.4, 0.5) is 0 Å². The zero-order valence-corrected chi connectivity index (χ0v) is 16.1. The van der Waals surface area contributed by atoms with Gasteiger partial charge in [-0.3, -0.25) is 0 Å². The molecule has 0 amide bonds. The number of fused-ring (bicyclic) bond motifs is 2. The Labute approximate surface area is 166 Å². The second-order valence-electron chi connectivity index (χ2n) is 7.14. The fraction of sp³-hybridized carbons (Fsp3) is 0.286. The van der Waals surface area contributed by atoms with Gasteiger partial charge in [0, 0.05) is 0 Å². The van der Waals surface area contributed by atoms with Crippen LogP contribution in [0.3, 0.4) is 0 Å². The standard InChI is InChI=1S/C21H22N4O4/c1-11-8-14-15(9-12(11)2)23-21-18(22-14)17(20(29)19(28)16(27)10-26)24-25(21)13-6-4-3-5-7-13/h3-9,16,19-20,26-29H,10H2,1-2H3/t16-,19+,20-/m1/s1. The molecule has 0 unspecified atom stereocenters. The average molecular weight is 394 g/mol. The van der Waals surface area contributed by atoms with E-state index in [1.54, 1.807) is 4.68 Å². The number of aryl methyl sites for hydroxylation is 2. The molecule has 8 heteroatoms. The molecule has 0 saturated carbocycles. The number of aliphatic hydroxyl groups excluding tert-OH is 4. The van der Waals surface area contributed by atoms with E-state index >= 15 is 0 Å². The maximum atomic E-state index is 10.7. The van der Waals surface area contributed by atoms with Gasteiger partial charge in [-0.1, -0.05) is 18.2 Å². The SMILES string of the molecule is Cc1cc2nc3c([C@@H](O)[C@@H](O)[C@H](O)CO)nn(-c4ccccc4)c3nc2cc1C.